The van der Waals surface area contributed by atoms with Gasteiger partial charge in [0.25, 0.3) is 0 Å². The van der Waals surface area contributed by atoms with Crippen LogP contribution in [0.3, 0.4) is 0 Å². The van der Waals surface area contributed by atoms with E-state index in [4.69, 9.17) is 4.42 Å². The zero-order valence-electron chi connectivity index (χ0n) is 25.6. The fourth-order valence-electron chi connectivity index (χ4n) is 7.77. The van der Waals surface area contributed by atoms with E-state index in [1.54, 1.807) is 0 Å². The summed E-state index contributed by atoms with van der Waals surface area (Å²) in [6.45, 7) is 0. The third-order valence-electron chi connectivity index (χ3n) is 9.82. The molecule has 0 bridgehead atoms. The molecule has 0 atom stereocenters. The average Bonchev–Trinajstić information content (AvgIpc) is 3.50. The van der Waals surface area contributed by atoms with Gasteiger partial charge in [0.2, 0.25) is 0 Å². The molecule has 9 aromatic carbocycles. The summed E-state index contributed by atoms with van der Waals surface area (Å²) in [5, 5.41) is 12.2. The molecule has 10 aromatic rings. The second kappa shape index (κ2) is 10.2. The lowest BCUT2D eigenvalue weighted by Gasteiger charge is -2.19. The maximum atomic E-state index is 6.53. The van der Waals surface area contributed by atoms with Gasteiger partial charge in [-0.2, -0.15) is 0 Å². The molecule has 47 heavy (non-hydrogen) atoms. The van der Waals surface area contributed by atoms with Crippen molar-refractivity contribution >= 4 is 65.0 Å². The van der Waals surface area contributed by atoms with Gasteiger partial charge >= 0.3 is 0 Å². The number of hydrogen-bond acceptors (Lipinski definition) is 1. The molecule has 0 fully saturated rings. The van der Waals surface area contributed by atoms with Crippen LogP contribution in [0.5, 0.6) is 0 Å². The Morgan fingerprint density at radius 2 is 0.830 bits per heavy atom. The molecule has 0 aliphatic rings. The number of furan rings is 1. The van der Waals surface area contributed by atoms with E-state index in [1.807, 2.05) is 0 Å². The number of benzene rings is 9. The van der Waals surface area contributed by atoms with Crippen LogP contribution >= 0.6 is 0 Å². The van der Waals surface area contributed by atoms with E-state index in [2.05, 4.69) is 170 Å². The van der Waals surface area contributed by atoms with Gasteiger partial charge in [-0.25, -0.2) is 0 Å². The first-order valence-electron chi connectivity index (χ1n) is 16.2. The molecule has 0 saturated carbocycles. The van der Waals surface area contributed by atoms with Gasteiger partial charge in [-0.05, 0) is 101 Å². The molecular formula is C46H28O. The van der Waals surface area contributed by atoms with Gasteiger partial charge in [0, 0.05) is 10.8 Å². The van der Waals surface area contributed by atoms with Crippen molar-refractivity contribution in [2.24, 2.45) is 0 Å². The Morgan fingerprint density at radius 1 is 0.298 bits per heavy atom. The average molecular weight is 597 g/mol. The van der Waals surface area contributed by atoms with Gasteiger partial charge in [-0.15, -0.1) is 0 Å². The highest BCUT2D eigenvalue weighted by atomic mass is 16.3. The highest BCUT2D eigenvalue weighted by Gasteiger charge is 2.20. The molecular weight excluding hydrogens is 569 g/mol. The molecule has 0 saturated heterocycles. The van der Waals surface area contributed by atoms with Crippen molar-refractivity contribution in [3.63, 3.8) is 0 Å². The molecule has 218 valence electrons. The fraction of sp³-hybridized carbons (Fsp3) is 0. The van der Waals surface area contributed by atoms with Crippen molar-refractivity contribution in [1.82, 2.24) is 0 Å². The molecule has 0 aliphatic heterocycles. The molecule has 0 amide bonds. The Balaban J connectivity index is 1.28. The molecule has 1 heteroatoms. The van der Waals surface area contributed by atoms with Crippen molar-refractivity contribution in [3.05, 3.63) is 170 Å². The first kappa shape index (κ1) is 26.1. The molecule has 1 nitrogen and oxygen atoms in total. The van der Waals surface area contributed by atoms with Crippen LogP contribution in [-0.2, 0) is 0 Å². The van der Waals surface area contributed by atoms with Crippen LogP contribution in [0.15, 0.2) is 174 Å². The fourth-order valence-corrected chi connectivity index (χ4v) is 7.77. The van der Waals surface area contributed by atoms with E-state index in [9.17, 15) is 0 Å². The van der Waals surface area contributed by atoms with E-state index in [0.717, 1.165) is 21.9 Å². The van der Waals surface area contributed by atoms with Crippen molar-refractivity contribution in [2.75, 3.05) is 0 Å². The quantitative estimate of drug-likeness (QED) is 0.185. The predicted octanol–water partition coefficient (Wildman–Crippen LogP) is 13.2. The zero-order chi connectivity index (χ0) is 30.9. The third kappa shape index (κ3) is 3.97. The lowest BCUT2D eigenvalue weighted by Crippen LogP contribution is -1.91. The molecule has 1 heterocycles. The van der Waals surface area contributed by atoms with Crippen molar-refractivity contribution in [3.8, 4) is 33.4 Å². The second-order valence-corrected chi connectivity index (χ2v) is 12.4. The standard InChI is InChI=1S/C46H28O/c1-2-14-31-28-43-41(27-30(31)13-1)46-40(24-11-25-42(46)47-43)45-38-21-7-5-19-36(38)44(37-20-6-8-22-39(37)45)33-17-9-16-32(26-33)35-23-10-15-29-12-3-4-18-34(29)35/h1-28H. The van der Waals surface area contributed by atoms with E-state index in [1.165, 1.54) is 76.5 Å². The first-order chi connectivity index (χ1) is 23.3. The van der Waals surface area contributed by atoms with Crippen LogP contribution in [0, 0.1) is 0 Å². The lowest BCUT2D eigenvalue weighted by atomic mass is 9.84. The summed E-state index contributed by atoms with van der Waals surface area (Å²) >= 11 is 0. The van der Waals surface area contributed by atoms with E-state index >= 15 is 0 Å². The van der Waals surface area contributed by atoms with Gasteiger partial charge in [-0.1, -0.05) is 146 Å². The van der Waals surface area contributed by atoms with Gasteiger partial charge in [0.15, 0.2) is 0 Å². The lowest BCUT2D eigenvalue weighted by molar-refractivity contribution is 0.669. The summed E-state index contributed by atoms with van der Waals surface area (Å²) in [6.07, 6.45) is 0. The summed E-state index contributed by atoms with van der Waals surface area (Å²) in [7, 11) is 0. The first-order valence-corrected chi connectivity index (χ1v) is 16.2. The van der Waals surface area contributed by atoms with E-state index in [-0.39, 0.29) is 0 Å². The Labute approximate surface area is 271 Å². The van der Waals surface area contributed by atoms with Crippen molar-refractivity contribution < 1.29 is 4.42 Å². The molecule has 0 aliphatic carbocycles. The number of rotatable bonds is 3. The minimum Gasteiger partial charge on any atom is -0.456 e. The molecule has 0 N–H and O–H groups in total. The maximum Gasteiger partial charge on any atom is 0.136 e. The van der Waals surface area contributed by atoms with Gasteiger partial charge in [0.05, 0.1) is 0 Å². The SMILES string of the molecule is c1cc(-c2cccc3ccccc23)cc(-c2c3ccccc3c(-c3cccc4oc5cc6ccccc6cc5c34)c3ccccc23)c1. The van der Waals surface area contributed by atoms with Crippen molar-refractivity contribution in [2.45, 2.75) is 0 Å². The largest absolute Gasteiger partial charge is 0.456 e. The second-order valence-electron chi connectivity index (χ2n) is 12.4. The molecule has 0 unspecified atom stereocenters. The van der Waals surface area contributed by atoms with Crippen LogP contribution < -0.4 is 0 Å². The monoisotopic (exact) mass is 596 g/mol. The summed E-state index contributed by atoms with van der Waals surface area (Å²) in [5.74, 6) is 0. The van der Waals surface area contributed by atoms with Crippen LogP contribution in [0.4, 0.5) is 0 Å². The highest BCUT2D eigenvalue weighted by molar-refractivity contribution is 6.26. The minimum absolute atomic E-state index is 0.910. The van der Waals surface area contributed by atoms with Crippen LogP contribution in [0.2, 0.25) is 0 Å². The topological polar surface area (TPSA) is 13.1 Å². The Bertz CT molecular complexity index is 2790. The van der Waals surface area contributed by atoms with Gasteiger partial charge in [0.1, 0.15) is 11.2 Å². The summed E-state index contributed by atoms with van der Waals surface area (Å²) in [6, 6.07) is 61.6. The van der Waals surface area contributed by atoms with Crippen LogP contribution in [0.25, 0.3) is 98.4 Å². The third-order valence-corrected chi connectivity index (χ3v) is 9.82. The predicted molar refractivity (Wildman–Crippen MR) is 200 cm³/mol. The Hall–Kier alpha value is -6.18. The van der Waals surface area contributed by atoms with E-state index in [0.29, 0.717) is 0 Å². The summed E-state index contributed by atoms with van der Waals surface area (Å²) in [4.78, 5) is 0. The highest BCUT2D eigenvalue weighted by Crippen LogP contribution is 2.47. The number of fused-ring (bicyclic) bond motifs is 7. The zero-order valence-corrected chi connectivity index (χ0v) is 25.6. The Kier molecular flexibility index (Phi) is 5.64. The van der Waals surface area contributed by atoms with E-state index < -0.39 is 0 Å². The minimum atomic E-state index is 0.910. The van der Waals surface area contributed by atoms with Crippen LogP contribution in [0.1, 0.15) is 0 Å². The summed E-state index contributed by atoms with van der Waals surface area (Å²) in [5.41, 5.74) is 9.21. The number of hydrogen-bond donors (Lipinski definition) is 0. The Morgan fingerprint density at radius 3 is 1.57 bits per heavy atom. The summed E-state index contributed by atoms with van der Waals surface area (Å²) < 4.78 is 6.53. The van der Waals surface area contributed by atoms with Crippen molar-refractivity contribution in [1.29, 1.82) is 0 Å². The molecule has 10 rings (SSSR count). The van der Waals surface area contributed by atoms with Crippen LogP contribution in [-0.4, -0.2) is 0 Å². The van der Waals surface area contributed by atoms with Gasteiger partial charge in [-0.3, -0.25) is 0 Å². The maximum absolute atomic E-state index is 6.53. The smallest absolute Gasteiger partial charge is 0.136 e. The molecule has 0 spiro atoms. The normalized spacial score (nSPS) is 11.8. The molecule has 1 aromatic heterocycles. The van der Waals surface area contributed by atoms with Gasteiger partial charge < -0.3 is 4.42 Å². The molecule has 0 radical (unpaired) electrons.